The normalized spacial score (nSPS) is 24.5. The standard InChI is InChI=1S/C17H31N3O3/c1-6-13(7-2)20(5)15-10-12(17(22)23-8-3)9-14(18)16(15)19-11(4)21/h10,13-16H,6-9,18H2,1-5H3,(H,19,21)/t14-,15+,16+/m0/s1. The van der Waals surface area contributed by atoms with Crippen molar-refractivity contribution >= 4 is 11.9 Å². The quantitative estimate of drug-likeness (QED) is 0.687. The summed E-state index contributed by atoms with van der Waals surface area (Å²) in [5.41, 5.74) is 6.87. The van der Waals surface area contributed by atoms with Crippen LogP contribution in [0.5, 0.6) is 0 Å². The molecule has 0 bridgehead atoms. The van der Waals surface area contributed by atoms with Crippen LogP contribution in [-0.4, -0.2) is 54.6 Å². The fourth-order valence-electron chi connectivity index (χ4n) is 3.29. The number of nitrogens with zero attached hydrogens (tertiary/aromatic N) is 1. The van der Waals surface area contributed by atoms with E-state index < -0.39 is 0 Å². The molecule has 0 aromatic carbocycles. The van der Waals surface area contributed by atoms with Gasteiger partial charge in [-0.1, -0.05) is 19.9 Å². The zero-order valence-electron chi connectivity index (χ0n) is 15.0. The van der Waals surface area contributed by atoms with Crippen LogP contribution in [0.25, 0.3) is 0 Å². The molecule has 132 valence electrons. The molecule has 1 amide bonds. The number of rotatable bonds is 7. The van der Waals surface area contributed by atoms with Gasteiger partial charge in [-0.05, 0) is 33.2 Å². The summed E-state index contributed by atoms with van der Waals surface area (Å²) in [6.45, 7) is 7.89. The Labute approximate surface area is 139 Å². The van der Waals surface area contributed by atoms with E-state index in [0.29, 0.717) is 24.6 Å². The first-order valence-electron chi connectivity index (χ1n) is 8.47. The summed E-state index contributed by atoms with van der Waals surface area (Å²) in [5.74, 6) is -0.423. The number of hydrogen-bond acceptors (Lipinski definition) is 5. The number of nitrogens with two attached hydrogens (primary N) is 1. The van der Waals surface area contributed by atoms with E-state index in [-0.39, 0.29) is 30.0 Å². The van der Waals surface area contributed by atoms with Crippen molar-refractivity contribution in [1.82, 2.24) is 10.2 Å². The highest BCUT2D eigenvalue weighted by atomic mass is 16.5. The van der Waals surface area contributed by atoms with Gasteiger partial charge < -0.3 is 15.8 Å². The highest BCUT2D eigenvalue weighted by molar-refractivity contribution is 5.89. The van der Waals surface area contributed by atoms with Crippen molar-refractivity contribution in [3.63, 3.8) is 0 Å². The average molecular weight is 325 g/mol. The van der Waals surface area contributed by atoms with E-state index in [0.717, 1.165) is 12.8 Å². The van der Waals surface area contributed by atoms with Crippen molar-refractivity contribution in [2.45, 2.75) is 71.1 Å². The molecule has 0 radical (unpaired) electrons. The predicted octanol–water partition coefficient (Wildman–Crippen LogP) is 1.20. The Hall–Kier alpha value is -1.40. The molecule has 3 atom stereocenters. The number of amides is 1. The maximum atomic E-state index is 12.1. The minimum Gasteiger partial charge on any atom is -0.463 e. The summed E-state index contributed by atoms with van der Waals surface area (Å²) >= 11 is 0. The number of likely N-dealkylation sites (N-methyl/N-ethyl adjacent to an activating group) is 1. The summed E-state index contributed by atoms with van der Waals surface area (Å²) in [5, 5.41) is 2.95. The molecule has 3 N–H and O–H groups in total. The zero-order chi connectivity index (χ0) is 17.6. The average Bonchev–Trinajstić information content (AvgIpc) is 2.49. The van der Waals surface area contributed by atoms with Crippen LogP contribution in [0.3, 0.4) is 0 Å². The molecule has 0 aliphatic heterocycles. The lowest BCUT2D eigenvalue weighted by Gasteiger charge is -2.42. The Kier molecular flexibility index (Phi) is 7.72. The first kappa shape index (κ1) is 19.6. The van der Waals surface area contributed by atoms with Gasteiger partial charge in [-0.2, -0.15) is 0 Å². The number of esters is 1. The Morgan fingerprint density at radius 2 is 2.00 bits per heavy atom. The Morgan fingerprint density at radius 1 is 1.39 bits per heavy atom. The molecule has 0 saturated carbocycles. The van der Waals surface area contributed by atoms with Gasteiger partial charge in [0.1, 0.15) is 0 Å². The van der Waals surface area contributed by atoms with Gasteiger partial charge in [0.25, 0.3) is 0 Å². The second kappa shape index (κ2) is 9.03. The smallest absolute Gasteiger partial charge is 0.333 e. The molecule has 0 fully saturated rings. The molecule has 1 aliphatic rings. The van der Waals surface area contributed by atoms with E-state index in [1.54, 1.807) is 6.92 Å². The van der Waals surface area contributed by atoms with Crippen molar-refractivity contribution < 1.29 is 14.3 Å². The van der Waals surface area contributed by atoms with Gasteiger partial charge in [0.05, 0.1) is 18.7 Å². The predicted molar refractivity (Wildman–Crippen MR) is 90.8 cm³/mol. The summed E-state index contributed by atoms with van der Waals surface area (Å²) in [4.78, 5) is 25.9. The van der Waals surface area contributed by atoms with Crippen molar-refractivity contribution in [2.24, 2.45) is 5.73 Å². The second-order valence-corrected chi connectivity index (χ2v) is 6.13. The molecule has 0 aromatic rings. The lowest BCUT2D eigenvalue weighted by atomic mass is 9.85. The van der Waals surface area contributed by atoms with Gasteiger partial charge in [-0.3, -0.25) is 9.69 Å². The molecular formula is C17H31N3O3. The van der Waals surface area contributed by atoms with E-state index in [1.165, 1.54) is 6.92 Å². The van der Waals surface area contributed by atoms with Gasteiger partial charge in [0.2, 0.25) is 5.91 Å². The molecule has 0 saturated heterocycles. The molecule has 6 heteroatoms. The highest BCUT2D eigenvalue weighted by Gasteiger charge is 2.37. The highest BCUT2D eigenvalue weighted by Crippen LogP contribution is 2.25. The number of ether oxygens (including phenoxy) is 1. The van der Waals surface area contributed by atoms with Crippen LogP contribution in [0.2, 0.25) is 0 Å². The summed E-state index contributed by atoms with van der Waals surface area (Å²) < 4.78 is 5.12. The van der Waals surface area contributed by atoms with Crippen LogP contribution in [0, 0.1) is 0 Å². The van der Waals surface area contributed by atoms with Gasteiger partial charge in [0, 0.05) is 24.6 Å². The van der Waals surface area contributed by atoms with E-state index in [1.807, 2.05) is 13.1 Å². The lowest BCUT2D eigenvalue weighted by molar-refractivity contribution is -0.138. The third-order valence-electron chi connectivity index (χ3n) is 4.55. The number of hydrogen-bond donors (Lipinski definition) is 2. The molecule has 0 aromatic heterocycles. The van der Waals surface area contributed by atoms with Gasteiger partial charge >= 0.3 is 5.97 Å². The van der Waals surface area contributed by atoms with Gasteiger partial charge in [-0.25, -0.2) is 4.79 Å². The first-order valence-corrected chi connectivity index (χ1v) is 8.47. The van der Waals surface area contributed by atoms with Crippen LogP contribution in [0.15, 0.2) is 11.6 Å². The number of carbonyl (C=O) groups excluding carboxylic acids is 2. The van der Waals surface area contributed by atoms with Gasteiger partial charge in [-0.15, -0.1) is 0 Å². The third kappa shape index (κ3) is 5.04. The fourth-order valence-corrected chi connectivity index (χ4v) is 3.29. The maximum absolute atomic E-state index is 12.1. The van der Waals surface area contributed by atoms with Crippen LogP contribution in [-0.2, 0) is 14.3 Å². The monoisotopic (exact) mass is 325 g/mol. The maximum Gasteiger partial charge on any atom is 0.333 e. The van der Waals surface area contributed by atoms with Crippen LogP contribution in [0.1, 0.15) is 47.0 Å². The van der Waals surface area contributed by atoms with Crippen LogP contribution in [0.4, 0.5) is 0 Å². The first-order chi connectivity index (χ1) is 10.8. The molecule has 1 aliphatic carbocycles. The molecular weight excluding hydrogens is 294 g/mol. The van der Waals surface area contributed by atoms with Crippen molar-refractivity contribution in [3.8, 4) is 0 Å². The van der Waals surface area contributed by atoms with Crippen molar-refractivity contribution in [1.29, 1.82) is 0 Å². The van der Waals surface area contributed by atoms with Crippen LogP contribution >= 0.6 is 0 Å². The van der Waals surface area contributed by atoms with Crippen molar-refractivity contribution in [3.05, 3.63) is 11.6 Å². The summed E-state index contributed by atoms with van der Waals surface area (Å²) in [6.07, 6.45) is 4.32. The topological polar surface area (TPSA) is 84.7 Å². The SMILES string of the molecule is CCOC(=O)C1=C[C@@H](N(C)C(CC)CC)[C@H](NC(C)=O)[C@@H](N)C1. The van der Waals surface area contributed by atoms with E-state index in [4.69, 9.17) is 10.5 Å². The van der Waals surface area contributed by atoms with Crippen LogP contribution < -0.4 is 11.1 Å². The minimum atomic E-state index is -0.315. The third-order valence-corrected chi connectivity index (χ3v) is 4.55. The largest absolute Gasteiger partial charge is 0.463 e. The second-order valence-electron chi connectivity index (χ2n) is 6.13. The van der Waals surface area contributed by atoms with Gasteiger partial charge in [0.15, 0.2) is 0 Å². The van der Waals surface area contributed by atoms with E-state index in [2.05, 4.69) is 24.1 Å². The zero-order valence-corrected chi connectivity index (χ0v) is 15.0. The molecule has 0 unspecified atom stereocenters. The Balaban J connectivity index is 3.13. The Morgan fingerprint density at radius 3 is 2.48 bits per heavy atom. The summed E-state index contributed by atoms with van der Waals surface area (Å²) in [7, 11) is 2.02. The molecule has 1 rings (SSSR count). The fraction of sp³-hybridized carbons (Fsp3) is 0.765. The summed E-state index contributed by atoms with van der Waals surface area (Å²) in [6, 6.07) is -0.283. The van der Waals surface area contributed by atoms with E-state index >= 15 is 0 Å². The lowest BCUT2D eigenvalue weighted by Crippen LogP contribution is -2.61. The molecule has 23 heavy (non-hydrogen) atoms. The molecule has 0 heterocycles. The Bertz CT molecular complexity index is 446. The number of carbonyl (C=O) groups is 2. The molecule has 6 nitrogen and oxygen atoms in total. The van der Waals surface area contributed by atoms with Crippen molar-refractivity contribution in [2.75, 3.05) is 13.7 Å². The molecule has 0 spiro atoms. The minimum absolute atomic E-state index is 0.110. The van der Waals surface area contributed by atoms with E-state index in [9.17, 15) is 9.59 Å². The number of nitrogens with one attached hydrogen (secondary N) is 1.